The molecule has 0 saturated heterocycles. The third-order valence-corrected chi connectivity index (χ3v) is 5.59. The van der Waals surface area contributed by atoms with E-state index in [0.29, 0.717) is 33.3 Å². The molecule has 0 saturated carbocycles. The van der Waals surface area contributed by atoms with Crippen molar-refractivity contribution in [1.82, 2.24) is 9.97 Å². The van der Waals surface area contributed by atoms with Crippen LogP contribution in [-0.2, 0) is 0 Å². The van der Waals surface area contributed by atoms with Crippen molar-refractivity contribution in [3.05, 3.63) is 53.6 Å². The Kier molecular flexibility index (Phi) is 8.07. The summed E-state index contributed by atoms with van der Waals surface area (Å²) in [4.78, 5) is 25.2. The number of methoxy groups -OCH3 is 2. The lowest BCUT2D eigenvalue weighted by molar-refractivity contribution is 0.262. The van der Waals surface area contributed by atoms with Crippen LogP contribution in [0.15, 0.2) is 52.7 Å². The first-order valence-corrected chi connectivity index (χ1v) is 10.8. The van der Waals surface area contributed by atoms with Crippen molar-refractivity contribution in [2.24, 2.45) is 4.99 Å². The molecule has 2 N–H and O–H groups in total. The van der Waals surface area contributed by atoms with Gasteiger partial charge in [-0.3, -0.25) is 4.99 Å². The van der Waals surface area contributed by atoms with Gasteiger partial charge in [0.05, 0.1) is 43.0 Å². The maximum absolute atomic E-state index is 13.8. The Morgan fingerprint density at radius 1 is 1.09 bits per heavy atom. The molecule has 0 aliphatic heterocycles. The van der Waals surface area contributed by atoms with Gasteiger partial charge in [-0.05, 0) is 31.2 Å². The van der Waals surface area contributed by atoms with Gasteiger partial charge in [0, 0.05) is 24.2 Å². The number of aromatic nitrogens is 2. The van der Waals surface area contributed by atoms with Crippen LogP contribution < -0.4 is 20.1 Å². The molecule has 3 rings (SSSR count). The summed E-state index contributed by atoms with van der Waals surface area (Å²) >= 11 is 7.43. The maximum Gasteiger partial charge on any atom is 0.323 e. The molecule has 0 unspecified atom stereocenters. The lowest BCUT2D eigenvalue weighted by atomic mass is 10.0. The maximum atomic E-state index is 13.8. The van der Waals surface area contributed by atoms with E-state index >= 15 is 0 Å². The fraction of sp³-hybridized carbons (Fsp3) is 0.182. The Labute approximate surface area is 199 Å². The smallest absolute Gasteiger partial charge is 0.323 e. The van der Waals surface area contributed by atoms with Crippen LogP contribution in [0.2, 0.25) is 5.02 Å². The summed E-state index contributed by atoms with van der Waals surface area (Å²) in [5, 5.41) is 7.13. The number of rotatable bonds is 6. The second kappa shape index (κ2) is 11.0. The highest BCUT2D eigenvalue weighted by atomic mass is 35.5. The van der Waals surface area contributed by atoms with Crippen LogP contribution in [0, 0.1) is 5.82 Å². The van der Waals surface area contributed by atoms with E-state index in [9.17, 15) is 9.18 Å². The highest BCUT2D eigenvalue weighted by molar-refractivity contribution is 8.13. The van der Waals surface area contributed by atoms with Crippen LogP contribution in [0.25, 0.3) is 11.1 Å². The zero-order valence-electron chi connectivity index (χ0n) is 18.3. The lowest BCUT2D eigenvalue weighted by Crippen LogP contribution is -2.20. The number of carbonyl (C=O) groups is 1. The molecule has 0 aliphatic carbocycles. The van der Waals surface area contributed by atoms with Crippen LogP contribution in [-0.4, -0.2) is 42.3 Å². The lowest BCUT2D eigenvalue weighted by Gasteiger charge is -2.15. The summed E-state index contributed by atoms with van der Waals surface area (Å²) in [5.74, 6) is 0.119. The molecule has 0 bridgehead atoms. The van der Waals surface area contributed by atoms with E-state index in [0.717, 1.165) is 5.04 Å². The van der Waals surface area contributed by atoms with Gasteiger partial charge in [0.2, 0.25) is 5.88 Å². The van der Waals surface area contributed by atoms with Gasteiger partial charge in [-0.1, -0.05) is 23.4 Å². The number of aliphatic imine (C=N–C) groups is 1. The van der Waals surface area contributed by atoms with Crippen LogP contribution in [0.5, 0.6) is 11.6 Å². The minimum absolute atomic E-state index is 0.247. The highest BCUT2D eigenvalue weighted by Crippen LogP contribution is 2.37. The number of hydrogen-bond donors (Lipinski definition) is 2. The first-order valence-electron chi connectivity index (χ1n) is 9.57. The summed E-state index contributed by atoms with van der Waals surface area (Å²) in [6.45, 7) is 1.86. The number of anilines is 2. The number of hydrogen-bond acceptors (Lipinski definition) is 7. The topological polar surface area (TPSA) is 97.7 Å². The first kappa shape index (κ1) is 24.3. The van der Waals surface area contributed by atoms with Crippen molar-refractivity contribution < 1.29 is 18.7 Å². The summed E-state index contributed by atoms with van der Waals surface area (Å²) in [5.41, 5.74) is 1.93. The second-order valence-corrected chi connectivity index (χ2v) is 8.17. The molecule has 0 atom stereocenters. The van der Waals surface area contributed by atoms with Gasteiger partial charge in [0.1, 0.15) is 21.6 Å². The fourth-order valence-electron chi connectivity index (χ4n) is 2.83. The molecular weight excluding hydrogens is 469 g/mol. The van der Waals surface area contributed by atoms with Crippen molar-refractivity contribution in [1.29, 1.82) is 0 Å². The normalized spacial score (nSPS) is 11.2. The number of ether oxygens (including phenoxy) is 2. The van der Waals surface area contributed by atoms with Gasteiger partial charge in [-0.2, -0.15) is 0 Å². The largest absolute Gasteiger partial charge is 0.496 e. The Balaban J connectivity index is 1.95. The highest BCUT2D eigenvalue weighted by Gasteiger charge is 2.16. The van der Waals surface area contributed by atoms with Crippen molar-refractivity contribution in [2.75, 3.05) is 31.9 Å². The van der Waals surface area contributed by atoms with Crippen LogP contribution >= 0.6 is 23.4 Å². The summed E-state index contributed by atoms with van der Waals surface area (Å²) in [6, 6.07) is 6.91. The monoisotopic (exact) mass is 489 g/mol. The number of pyridine rings is 2. The minimum atomic E-state index is -0.547. The number of urea groups is 1. The van der Waals surface area contributed by atoms with Gasteiger partial charge in [-0.15, -0.1) is 0 Å². The molecule has 1 aromatic carbocycles. The minimum Gasteiger partial charge on any atom is -0.496 e. The predicted molar refractivity (Wildman–Crippen MR) is 130 cm³/mol. The van der Waals surface area contributed by atoms with E-state index in [-0.39, 0.29) is 10.9 Å². The van der Waals surface area contributed by atoms with Gasteiger partial charge in [0.25, 0.3) is 0 Å². The third-order valence-electron chi connectivity index (χ3n) is 4.41. The van der Waals surface area contributed by atoms with Crippen molar-refractivity contribution >= 4 is 45.8 Å². The molecule has 33 heavy (non-hydrogen) atoms. The number of benzene rings is 1. The average Bonchev–Trinajstić information content (AvgIpc) is 2.80. The van der Waals surface area contributed by atoms with Crippen LogP contribution in [0.4, 0.5) is 20.6 Å². The van der Waals surface area contributed by atoms with Crippen LogP contribution in [0.1, 0.15) is 6.92 Å². The van der Waals surface area contributed by atoms with E-state index in [1.807, 2.05) is 6.92 Å². The average molecular weight is 490 g/mol. The molecule has 2 heterocycles. The van der Waals surface area contributed by atoms with Crippen molar-refractivity contribution in [3.63, 3.8) is 0 Å². The summed E-state index contributed by atoms with van der Waals surface area (Å²) in [6.07, 6.45) is 2.93. The number of thioether (sulfide) groups is 1. The summed E-state index contributed by atoms with van der Waals surface area (Å²) in [7, 11) is 4.58. The molecule has 0 radical (unpaired) electrons. The van der Waals surface area contributed by atoms with Crippen molar-refractivity contribution in [3.8, 4) is 22.8 Å². The molecule has 0 spiro atoms. The van der Waals surface area contributed by atoms with Gasteiger partial charge >= 0.3 is 6.03 Å². The fourth-order valence-corrected chi connectivity index (χ4v) is 3.75. The molecule has 172 valence electrons. The Hall–Kier alpha value is -3.37. The number of nitrogens with one attached hydrogen (secondary N) is 2. The van der Waals surface area contributed by atoms with E-state index in [1.54, 1.807) is 19.2 Å². The third kappa shape index (κ3) is 6.11. The second-order valence-electron chi connectivity index (χ2n) is 6.55. The van der Waals surface area contributed by atoms with E-state index in [2.05, 4.69) is 25.6 Å². The molecule has 2 aromatic heterocycles. The molecule has 0 fully saturated rings. The number of nitrogens with zero attached hydrogens (tertiary/aromatic N) is 3. The quantitative estimate of drug-likeness (QED) is 0.260. The SMILES string of the molecule is C/N=C(/C)Sc1cc(-c2ccc(F)cc2OC)c(NC(=O)Nc2cnc(OC)c(Cl)c2)cn1. The number of halogens is 2. The zero-order valence-corrected chi connectivity index (χ0v) is 19.8. The van der Waals surface area contributed by atoms with Crippen molar-refractivity contribution in [2.45, 2.75) is 11.9 Å². The molecule has 3 aromatic rings. The molecule has 11 heteroatoms. The number of carbonyl (C=O) groups excluding carboxylic acids is 1. The first-order chi connectivity index (χ1) is 15.8. The molecule has 8 nitrogen and oxygen atoms in total. The van der Waals surface area contributed by atoms with E-state index in [4.69, 9.17) is 21.1 Å². The Bertz CT molecular complexity index is 1210. The molecule has 0 aliphatic rings. The van der Waals surface area contributed by atoms with Crippen LogP contribution in [0.3, 0.4) is 0 Å². The number of amides is 2. The molecular formula is C22H21ClFN5O3S. The Morgan fingerprint density at radius 2 is 1.88 bits per heavy atom. The molecule has 2 amide bonds. The van der Waals surface area contributed by atoms with Gasteiger partial charge in [-0.25, -0.2) is 19.2 Å². The predicted octanol–water partition coefficient (Wildman–Crippen LogP) is 5.74. The van der Waals surface area contributed by atoms with Gasteiger partial charge in [0.15, 0.2) is 0 Å². The standard InChI is InChI=1S/C22H21ClFN5O3S/c1-12(25-2)33-20-9-16(15-6-5-13(24)7-19(15)31-3)18(11-26-20)29-22(30)28-14-8-17(23)21(32-4)27-10-14/h5-11H,1-4H3,(H2,28,29,30)/b25-12-. The van der Waals surface area contributed by atoms with E-state index in [1.165, 1.54) is 56.6 Å². The van der Waals surface area contributed by atoms with E-state index < -0.39 is 11.8 Å². The summed E-state index contributed by atoms with van der Waals surface area (Å²) < 4.78 is 24.1. The Morgan fingerprint density at radius 3 is 2.55 bits per heavy atom. The zero-order chi connectivity index (χ0) is 24.0. The van der Waals surface area contributed by atoms with Gasteiger partial charge < -0.3 is 20.1 Å².